The van der Waals surface area contributed by atoms with E-state index in [1.54, 1.807) is 6.07 Å². The molecule has 0 radical (unpaired) electrons. The molecule has 2 aliphatic rings. The first-order valence-electron chi connectivity index (χ1n) is 9.19. The van der Waals surface area contributed by atoms with Crippen molar-refractivity contribution in [3.63, 3.8) is 0 Å². The Labute approximate surface area is 153 Å². The lowest BCUT2D eigenvalue weighted by molar-refractivity contribution is 0.214. The van der Waals surface area contributed by atoms with Crippen molar-refractivity contribution in [2.45, 2.75) is 37.9 Å². The van der Waals surface area contributed by atoms with Gasteiger partial charge in [-0.1, -0.05) is 36.4 Å². The highest BCUT2D eigenvalue weighted by molar-refractivity contribution is 5.96. The summed E-state index contributed by atoms with van der Waals surface area (Å²) in [6, 6.07) is 16.7. The fourth-order valence-electron chi connectivity index (χ4n) is 4.41. The Morgan fingerprint density at radius 2 is 2.00 bits per heavy atom. The molecule has 2 fully saturated rings. The summed E-state index contributed by atoms with van der Waals surface area (Å²) in [4.78, 5) is 17.1. The molecule has 1 spiro atoms. The lowest BCUT2D eigenvalue weighted by Crippen LogP contribution is -2.56. The normalized spacial score (nSPS) is 25.9. The van der Waals surface area contributed by atoms with Crippen LogP contribution in [0.4, 0.5) is 14.9 Å². The van der Waals surface area contributed by atoms with E-state index < -0.39 is 0 Å². The first-order chi connectivity index (χ1) is 12.6. The molecule has 0 saturated carbocycles. The highest BCUT2D eigenvalue weighted by Crippen LogP contribution is 2.40. The van der Waals surface area contributed by atoms with Crippen LogP contribution in [0.3, 0.4) is 0 Å². The quantitative estimate of drug-likeness (QED) is 0.911. The first-order valence-corrected chi connectivity index (χ1v) is 9.19. The van der Waals surface area contributed by atoms with E-state index in [0.29, 0.717) is 24.8 Å². The Hall–Kier alpha value is -2.40. The maximum Gasteiger partial charge on any atom is 0.325 e. The summed E-state index contributed by atoms with van der Waals surface area (Å²) in [5, 5.41) is 3.47. The molecule has 2 amide bonds. The lowest BCUT2D eigenvalue weighted by atomic mass is 9.83. The van der Waals surface area contributed by atoms with Crippen molar-refractivity contribution in [3.8, 4) is 0 Å². The van der Waals surface area contributed by atoms with Gasteiger partial charge in [0.25, 0.3) is 0 Å². The molecule has 136 valence electrons. The molecular weight excluding hydrogens is 329 g/mol. The number of hydrogen-bond donors (Lipinski definition) is 1. The van der Waals surface area contributed by atoms with Crippen molar-refractivity contribution in [1.82, 2.24) is 10.2 Å². The van der Waals surface area contributed by atoms with Gasteiger partial charge in [-0.05, 0) is 50.1 Å². The molecule has 2 unspecified atom stereocenters. The third-order valence-corrected chi connectivity index (χ3v) is 5.47. The van der Waals surface area contributed by atoms with Crippen LogP contribution < -0.4 is 10.2 Å². The molecule has 26 heavy (non-hydrogen) atoms. The summed E-state index contributed by atoms with van der Waals surface area (Å²) in [6.45, 7) is 4.26. The lowest BCUT2D eigenvalue weighted by Gasteiger charge is -2.42. The largest absolute Gasteiger partial charge is 0.325 e. The number of carbonyl (C=O) groups excluding carboxylic acids is 1. The number of hydrogen-bond acceptors (Lipinski definition) is 2. The summed E-state index contributed by atoms with van der Waals surface area (Å²) >= 11 is 0. The van der Waals surface area contributed by atoms with E-state index in [0.717, 1.165) is 24.9 Å². The Morgan fingerprint density at radius 1 is 1.19 bits per heavy atom. The summed E-state index contributed by atoms with van der Waals surface area (Å²) in [5.74, 6) is -0.311. The van der Waals surface area contributed by atoms with E-state index in [4.69, 9.17) is 0 Å². The van der Waals surface area contributed by atoms with Crippen molar-refractivity contribution < 1.29 is 9.18 Å². The number of halogens is 1. The van der Waals surface area contributed by atoms with Crippen LogP contribution in [0.5, 0.6) is 0 Å². The molecule has 2 saturated heterocycles. The van der Waals surface area contributed by atoms with Crippen LogP contribution in [0.25, 0.3) is 0 Å². The number of carbonyl (C=O) groups is 1. The number of piperidine rings is 1. The van der Waals surface area contributed by atoms with Gasteiger partial charge >= 0.3 is 6.03 Å². The summed E-state index contributed by atoms with van der Waals surface area (Å²) in [7, 11) is 0. The Kier molecular flexibility index (Phi) is 4.41. The SMILES string of the molecule is CC1CC2(CCN1)CN(Cc1ccccc1)C(=O)N2c1cccc(F)c1. The summed E-state index contributed by atoms with van der Waals surface area (Å²) < 4.78 is 13.9. The summed E-state index contributed by atoms with van der Waals surface area (Å²) in [6.07, 6.45) is 1.73. The van der Waals surface area contributed by atoms with Crippen LogP contribution in [0.15, 0.2) is 54.6 Å². The van der Waals surface area contributed by atoms with Crippen LogP contribution in [-0.4, -0.2) is 35.6 Å². The van der Waals surface area contributed by atoms with Crippen molar-refractivity contribution in [2.75, 3.05) is 18.0 Å². The number of anilines is 1. The second-order valence-corrected chi connectivity index (χ2v) is 7.47. The molecule has 2 aliphatic heterocycles. The molecule has 1 N–H and O–H groups in total. The van der Waals surface area contributed by atoms with E-state index in [1.165, 1.54) is 12.1 Å². The minimum atomic E-state index is -0.311. The maximum atomic E-state index is 13.9. The van der Waals surface area contributed by atoms with Crippen LogP contribution >= 0.6 is 0 Å². The molecular formula is C21H24FN3O. The predicted molar refractivity (Wildman–Crippen MR) is 101 cm³/mol. The van der Waals surface area contributed by atoms with Crippen molar-refractivity contribution in [1.29, 1.82) is 0 Å². The number of urea groups is 1. The smallest absolute Gasteiger partial charge is 0.318 e. The highest BCUT2D eigenvalue weighted by atomic mass is 19.1. The fraction of sp³-hybridized carbons (Fsp3) is 0.381. The standard InChI is InChI=1S/C21H24FN3O/c1-16-13-21(10-11-23-16)15-24(14-17-6-3-2-4-7-17)20(26)25(21)19-9-5-8-18(22)12-19/h2-9,12,16,23H,10-11,13-15H2,1H3. The minimum Gasteiger partial charge on any atom is -0.318 e. The molecule has 5 heteroatoms. The molecule has 2 aromatic carbocycles. The number of rotatable bonds is 3. The van der Waals surface area contributed by atoms with E-state index in [1.807, 2.05) is 46.2 Å². The maximum absolute atomic E-state index is 13.9. The Balaban J connectivity index is 1.69. The van der Waals surface area contributed by atoms with Gasteiger partial charge in [-0.2, -0.15) is 0 Å². The molecule has 0 aliphatic carbocycles. The van der Waals surface area contributed by atoms with Crippen molar-refractivity contribution in [2.24, 2.45) is 0 Å². The van der Waals surface area contributed by atoms with E-state index in [-0.39, 0.29) is 17.4 Å². The van der Waals surface area contributed by atoms with Gasteiger partial charge in [0.05, 0.1) is 5.54 Å². The van der Waals surface area contributed by atoms with Crippen LogP contribution in [0.2, 0.25) is 0 Å². The zero-order chi connectivity index (χ0) is 18.1. The van der Waals surface area contributed by atoms with Gasteiger partial charge in [0.1, 0.15) is 5.82 Å². The average Bonchev–Trinajstić information content (AvgIpc) is 2.86. The van der Waals surface area contributed by atoms with E-state index in [9.17, 15) is 9.18 Å². The molecule has 2 heterocycles. The highest BCUT2D eigenvalue weighted by Gasteiger charge is 2.51. The van der Waals surface area contributed by atoms with Gasteiger partial charge < -0.3 is 10.2 Å². The third-order valence-electron chi connectivity index (χ3n) is 5.47. The predicted octanol–water partition coefficient (Wildman–Crippen LogP) is 3.78. The number of amides is 2. The van der Waals surface area contributed by atoms with E-state index >= 15 is 0 Å². The number of nitrogens with one attached hydrogen (secondary N) is 1. The molecule has 2 aromatic rings. The summed E-state index contributed by atoms with van der Waals surface area (Å²) in [5.41, 5.74) is 1.48. The van der Waals surface area contributed by atoms with Gasteiger partial charge in [0.2, 0.25) is 0 Å². The Bertz CT molecular complexity index is 797. The first kappa shape index (κ1) is 17.0. The molecule has 2 atom stereocenters. The number of benzene rings is 2. The molecule has 4 rings (SSSR count). The number of nitrogens with zero attached hydrogens (tertiary/aromatic N) is 2. The van der Waals surface area contributed by atoms with Gasteiger partial charge in [0, 0.05) is 24.8 Å². The second-order valence-electron chi connectivity index (χ2n) is 7.47. The van der Waals surface area contributed by atoms with Crippen molar-refractivity contribution >= 4 is 11.7 Å². The zero-order valence-electron chi connectivity index (χ0n) is 15.0. The van der Waals surface area contributed by atoms with Gasteiger partial charge in [-0.3, -0.25) is 4.90 Å². The molecule has 0 bridgehead atoms. The zero-order valence-corrected chi connectivity index (χ0v) is 15.0. The average molecular weight is 353 g/mol. The van der Waals surface area contributed by atoms with Crippen LogP contribution in [0, 0.1) is 5.82 Å². The third kappa shape index (κ3) is 3.07. The molecule has 0 aromatic heterocycles. The minimum absolute atomic E-state index is 0.0337. The fourth-order valence-corrected chi connectivity index (χ4v) is 4.41. The van der Waals surface area contributed by atoms with E-state index in [2.05, 4.69) is 12.2 Å². The van der Waals surface area contributed by atoms with Crippen LogP contribution in [0.1, 0.15) is 25.3 Å². The topological polar surface area (TPSA) is 35.6 Å². The van der Waals surface area contributed by atoms with Gasteiger partial charge in [-0.15, -0.1) is 0 Å². The Morgan fingerprint density at radius 3 is 2.73 bits per heavy atom. The van der Waals surface area contributed by atoms with Crippen LogP contribution in [-0.2, 0) is 6.54 Å². The van der Waals surface area contributed by atoms with Gasteiger partial charge in [0.15, 0.2) is 0 Å². The molecule has 4 nitrogen and oxygen atoms in total. The second kappa shape index (κ2) is 6.72. The van der Waals surface area contributed by atoms with Gasteiger partial charge in [-0.25, -0.2) is 9.18 Å². The van der Waals surface area contributed by atoms with Crippen molar-refractivity contribution in [3.05, 3.63) is 66.0 Å². The monoisotopic (exact) mass is 353 g/mol.